The predicted molar refractivity (Wildman–Crippen MR) is 72.4 cm³/mol. The van der Waals surface area contributed by atoms with Gasteiger partial charge in [0, 0.05) is 16.4 Å². The molecule has 2 rings (SSSR count). The lowest BCUT2D eigenvalue weighted by Gasteiger charge is -2.56. The minimum Gasteiger partial charge on any atom is -0.489 e. The van der Waals surface area contributed by atoms with E-state index < -0.39 is 5.82 Å². The van der Waals surface area contributed by atoms with Gasteiger partial charge in [0.25, 0.3) is 0 Å². The van der Waals surface area contributed by atoms with Crippen molar-refractivity contribution in [3.8, 4) is 11.8 Å². The molecule has 1 aliphatic rings. The van der Waals surface area contributed by atoms with Gasteiger partial charge in [0.15, 0.2) is 0 Å². The van der Waals surface area contributed by atoms with Crippen LogP contribution in [0.3, 0.4) is 0 Å². The first-order valence-corrected chi connectivity index (χ1v) is 6.55. The monoisotopic (exact) mass is 261 g/mol. The van der Waals surface area contributed by atoms with E-state index in [0.717, 1.165) is 6.42 Å². The van der Waals surface area contributed by atoms with Gasteiger partial charge in [-0.25, -0.2) is 4.39 Å². The van der Waals surface area contributed by atoms with E-state index in [-0.39, 0.29) is 22.5 Å². The van der Waals surface area contributed by atoms with Crippen LogP contribution in [0.15, 0.2) is 12.1 Å². The van der Waals surface area contributed by atoms with E-state index in [1.807, 2.05) is 6.07 Å². The summed E-state index contributed by atoms with van der Waals surface area (Å²) in [6.07, 6.45) is 1.15. The fourth-order valence-corrected chi connectivity index (χ4v) is 3.61. The molecule has 1 aromatic carbocycles. The number of benzene rings is 1. The SMILES string of the molecule is Cc1c(OC2C(C)(C)CC2(C)C)ccc(C#N)c1F. The van der Waals surface area contributed by atoms with Crippen molar-refractivity contribution in [2.45, 2.75) is 47.1 Å². The lowest BCUT2D eigenvalue weighted by molar-refractivity contribution is -0.134. The van der Waals surface area contributed by atoms with Gasteiger partial charge in [0.1, 0.15) is 23.7 Å². The Hall–Kier alpha value is -1.56. The van der Waals surface area contributed by atoms with Crippen LogP contribution in [0.1, 0.15) is 45.2 Å². The highest BCUT2D eigenvalue weighted by Gasteiger charge is 2.55. The van der Waals surface area contributed by atoms with Crippen LogP contribution in [0.2, 0.25) is 0 Å². The average molecular weight is 261 g/mol. The molecule has 3 heteroatoms. The minimum absolute atomic E-state index is 0.0611. The van der Waals surface area contributed by atoms with Crippen molar-refractivity contribution < 1.29 is 9.13 Å². The summed E-state index contributed by atoms with van der Waals surface area (Å²) in [6, 6.07) is 5.02. The molecule has 0 unspecified atom stereocenters. The molecule has 1 fully saturated rings. The van der Waals surface area contributed by atoms with E-state index in [4.69, 9.17) is 10.00 Å². The molecule has 0 amide bonds. The standard InChI is InChI=1S/C16H20FNO/c1-10-12(7-6-11(8-18)13(10)17)19-14-15(2,3)9-16(14,4)5/h6-7,14H,9H2,1-5H3. The van der Waals surface area contributed by atoms with Crippen LogP contribution in [0.4, 0.5) is 4.39 Å². The maximum absolute atomic E-state index is 13.9. The lowest BCUT2D eigenvalue weighted by atomic mass is 9.53. The highest BCUT2D eigenvalue weighted by Crippen LogP contribution is 2.55. The van der Waals surface area contributed by atoms with Gasteiger partial charge in [0.2, 0.25) is 0 Å². The molecular formula is C16H20FNO. The van der Waals surface area contributed by atoms with Crippen LogP contribution in [-0.4, -0.2) is 6.10 Å². The summed E-state index contributed by atoms with van der Waals surface area (Å²) in [5, 5.41) is 8.81. The van der Waals surface area contributed by atoms with Crippen molar-refractivity contribution in [3.05, 3.63) is 29.1 Å². The predicted octanol–water partition coefficient (Wildman–Crippen LogP) is 4.21. The van der Waals surface area contributed by atoms with Gasteiger partial charge in [-0.05, 0) is 25.5 Å². The zero-order chi connectivity index (χ0) is 14.4. The maximum atomic E-state index is 13.9. The second-order valence-corrected chi connectivity index (χ2v) is 6.81. The second-order valence-electron chi connectivity index (χ2n) is 6.81. The van der Waals surface area contributed by atoms with Crippen molar-refractivity contribution >= 4 is 0 Å². The molecule has 1 aliphatic carbocycles. The van der Waals surface area contributed by atoms with Crippen LogP contribution in [0.5, 0.6) is 5.75 Å². The minimum atomic E-state index is -0.477. The average Bonchev–Trinajstić information content (AvgIpc) is 2.29. The zero-order valence-electron chi connectivity index (χ0n) is 12.2. The smallest absolute Gasteiger partial charge is 0.147 e. The second kappa shape index (κ2) is 4.23. The first-order chi connectivity index (χ1) is 8.69. The first-order valence-electron chi connectivity index (χ1n) is 6.55. The Bertz CT molecular complexity index is 541. The molecule has 2 nitrogen and oxygen atoms in total. The molecule has 0 heterocycles. The Morgan fingerprint density at radius 1 is 1.26 bits per heavy atom. The van der Waals surface area contributed by atoms with Gasteiger partial charge in [-0.15, -0.1) is 0 Å². The zero-order valence-corrected chi connectivity index (χ0v) is 12.2. The number of hydrogen-bond donors (Lipinski definition) is 0. The Labute approximate surface area is 114 Å². The summed E-state index contributed by atoms with van der Waals surface area (Å²) in [6.45, 7) is 10.3. The van der Waals surface area contributed by atoms with Crippen LogP contribution in [0.25, 0.3) is 0 Å². The molecule has 0 bridgehead atoms. The molecule has 19 heavy (non-hydrogen) atoms. The van der Waals surface area contributed by atoms with Gasteiger partial charge in [-0.3, -0.25) is 0 Å². The lowest BCUT2D eigenvalue weighted by Crippen LogP contribution is -2.58. The normalized spacial score (nSPS) is 20.5. The fourth-order valence-electron chi connectivity index (χ4n) is 3.61. The number of nitriles is 1. The number of nitrogens with zero attached hydrogens (tertiary/aromatic N) is 1. The summed E-state index contributed by atoms with van der Waals surface area (Å²) in [5.74, 6) is 0.0669. The van der Waals surface area contributed by atoms with Gasteiger partial charge in [0.05, 0.1) is 5.56 Å². The summed E-state index contributed by atoms with van der Waals surface area (Å²) >= 11 is 0. The Morgan fingerprint density at radius 2 is 1.84 bits per heavy atom. The molecule has 0 saturated heterocycles. The van der Waals surface area contributed by atoms with Gasteiger partial charge in [-0.2, -0.15) is 5.26 Å². The Kier molecular flexibility index (Phi) is 3.09. The van der Waals surface area contributed by atoms with E-state index in [1.54, 1.807) is 13.0 Å². The topological polar surface area (TPSA) is 33.0 Å². The summed E-state index contributed by atoms with van der Waals surface area (Å²) in [5.41, 5.74) is 0.676. The number of hydrogen-bond acceptors (Lipinski definition) is 2. The van der Waals surface area contributed by atoms with Crippen molar-refractivity contribution in [2.24, 2.45) is 10.8 Å². The molecule has 0 atom stereocenters. The van der Waals surface area contributed by atoms with E-state index in [1.165, 1.54) is 6.07 Å². The molecule has 0 radical (unpaired) electrons. The molecule has 0 spiro atoms. The van der Waals surface area contributed by atoms with Gasteiger partial charge < -0.3 is 4.74 Å². The van der Waals surface area contributed by atoms with Gasteiger partial charge >= 0.3 is 0 Å². The number of rotatable bonds is 2. The molecular weight excluding hydrogens is 241 g/mol. The third kappa shape index (κ3) is 2.20. The van der Waals surface area contributed by atoms with E-state index in [0.29, 0.717) is 11.3 Å². The van der Waals surface area contributed by atoms with Crippen LogP contribution in [-0.2, 0) is 0 Å². The fraction of sp³-hybridized carbons (Fsp3) is 0.562. The third-order valence-electron chi connectivity index (χ3n) is 4.03. The molecule has 1 saturated carbocycles. The van der Waals surface area contributed by atoms with Crippen LogP contribution >= 0.6 is 0 Å². The molecule has 102 valence electrons. The van der Waals surface area contributed by atoms with Crippen LogP contribution < -0.4 is 4.74 Å². The Balaban J connectivity index is 2.31. The molecule has 0 aromatic heterocycles. The molecule has 0 aliphatic heterocycles. The van der Waals surface area contributed by atoms with E-state index in [2.05, 4.69) is 27.7 Å². The molecule has 0 N–H and O–H groups in total. The van der Waals surface area contributed by atoms with Crippen molar-refractivity contribution in [1.29, 1.82) is 5.26 Å². The van der Waals surface area contributed by atoms with Crippen molar-refractivity contribution in [2.75, 3.05) is 0 Å². The first kappa shape index (κ1) is 13.9. The maximum Gasteiger partial charge on any atom is 0.147 e. The molecule has 1 aromatic rings. The van der Waals surface area contributed by atoms with E-state index >= 15 is 0 Å². The summed E-state index contributed by atoms with van der Waals surface area (Å²) in [7, 11) is 0. The number of ether oxygens (including phenoxy) is 1. The number of halogens is 1. The highest BCUT2D eigenvalue weighted by molar-refractivity contribution is 5.43. The third-order valence-corrected chi connectivity index (χ3v) is 4.03. The van der Waals surface area contributed by atoms with E-state index in [9.17, 15) is 4.39 Å². The van der Waals surface area contributed by atoms with Gasteiger partial charge in [-0.1, -0.05) is 27.7 Å². The van der Waals surface area contributed by atoms with Crippen molar-refractivity contribution in [3.63, 3.8) is 0 Å². The largest absolute Gasteiger partial charge is 0.489 e. The quantitative estimate of drug-likeness (QED) is 0.799. The van der Waals surface area contributed by atoms with Crippen LogP contribution in [0, 0.1) is 34.9 Å². The summed E-state index contributed by atoms with van der Waals surface area (Å²) in [4.78, 5) is 0. The summed E-state index contributed by atoms with van der Waals surface area (Å²) < 4.78 is 20.0. The Morgan fingerprint density at radius 3 is 2.32 bits per heavy atom. The van der Waals surface area contributed by atoms with Crippen molar-refractivity contribution in [1.82, 2.24) is 0 Å². The highest BCUT2D eigenvalue weighted by atomic mass is 19.1.